The Bertz CT molecular complexity index is 483. The predicted octanol–water partition coefficient (Wildman–Crippen LogP) is 3.36. The lowest BCUT2D eigenvalue weighted by molar-refractivity contribution is 0.305. The highest BCUT2D eigenvalue weighted by Crippen LogP contribution is 2.51. The van der Waals surface area contributed by atoms with Gasteiger partial charge in [-0.1, -0.05) is 23.7 Å². The fourth-order valence-corrected chi connectivity index (χ4v) is 3.73. The molecular weight excluding hydrogens is 226 g/mol. The molecule has 1 N–H and O–H groups in total. The highest BCUT2D eigenvalue weighted by atomic mass is 16.5. The van der Waals surface area contributed by atoms with E-state index in [9.17, 15) is 0 Å². The van der Waals surface area contributed by atoms with Crippen molar-refractivity contribution in [2.45, 2.75) is 37.5 Å². The second-order valence-electron chi connectivity index (χ2n) is 5.57. The molecule has 18 heavy (non-hydrogen) atoms. The third-order valence-corrected chi connectivity index (χ3v) is 4.65. The fraction of sp³-hybridized carbons (Fsp3) is 0.533. The molecule has 1 aromatic rings. The molecule has 0 spiro atoms. The zero-order valence-electron chi connectivity index (χ0n) is 10.7. The third-order valence-electron chi connectivity index (χ3n) is 4.65. The fourth-order valence-electron chi connectivity index (χ4n) is 3.73. The monoisotopic (exact) mass is 245 g/mol. The maximum atomic E-state index is 9.14. The lowest BCUT2D eigenvalue weighted by atomic mass is 9.71. The maximum absolute atomic E-state index is 9.14. The molecule has 2 saturated carbocycles. The van der Waals surface area contributed by atoms with Crippen molar-refractivity contribution in [3.05, 3.63) is 29.8 Å². The van der Waals surface area contributed by atoms with Crippen molar-refractivity contribution in [3.63, 3.8) is 0 Å². The van der Waals surface area contributed by atoms with Crippen LogP contribution in [0.5, 0.6) is 5.75 Å². The molecule has 2 fully saturated rings. The summed E-state index contributed by atoms with van der Waals surface area (Å²) in [7, 11) is 1.70. The standard InChI is InChI=1S/C15H19NO2/c1-18-13-6-2-5-12(8-13)15-7-3-4-11(9-15)14(10-15)16-17/h2,5-6,8,11,17H,3-4,7,9-10H2,1H3/b16-14-/t11-,15-/m0/s1. The van der Waals surface area contributed by atoms with Crippen LogP contribution in [-0.4, -0.2) is 18.0 Å². The van der Waals surface area contributed by atoms with Gasteiger partial charge in [0.15, 0.2) is 0 Å². The lowest BCUT2D eigenvalue weighted by Gasteiger charge is -2.33. The van der Waals surface area contributed by atoms with Crippen molar-refractivity contribution in [1.82, 2.24) is 0 Å². The Morgan fingerprint density at radius 1 is 1.44 bits per heavy atom. The quantitative estimate of drug-likeness (QED) is 0.641. The van der Waals surface area contributed by atoms with E-state index < -0.39 is 0 Å². The number of fused-ring (bicyclic) bond motifs is 2. The van der Waals surface area contributed by atoms with Gasteiger partial charge in [-0.2, -0.15) is 0 Å². The number of methoxy groups -OCH3 is 1. The number of nitrogens with zero attached hydrogens (tertiary/aromatic N) is 1. The van der Waals surface area contributed by atoms with Crippen molar-refractivity contribution in [1.29, 1.82) is 0 Å². The lowest BCUT2D eigenvalue weighted by Crippen LogP contribution is -2.25. The minimum absolute atomic E-state index is 0.180. The Morgan fingerprint density at radius 2 is 2.33 bits per heavy atom. The zero-order chi connectivity index (χ0) is 12.6. The number of oxime groups is 1. The summed E-state index contributed by atoms with van der Waals surface area (Å²) in [5.41, 5.74) is 2.51. The summed E-state index contributed by atoms with van der Waals surface area (Å²) in [5, 5.41) is 12.7. The van der Waals surface area contributed by atoms with Gasteiger partial charge in [0.05, 0.1) is 12.8 Å². The van der Waals surface area contributed by atoms with Gasteiger partial charge in [0.25, 0.3) is 0 Å². The Hall–Kier alpha value is -1.51. The SMILES string of the molecule is COc1cccc([C@@]23CCC[C@@H](C2)/C(=N\O)C3)c1. The normalized spacial score (nSPS) is 32.7. The smallest absolute Gasteiger partial charge is 0.119 e. The van der Waals surface area contributed by atoms with Gasteiger partial charge < -0.3 is 9.94 Å². The van der Waals surface area contributed by atoms with Crippen LogP contribution in [0.3, 0.4) is 0 Å². The summed E-state index contributed by atoms with van der Waals surface area (Å²) in [4.78, 5) is 0. The third kappa shape index (κ3) is 1.69. The van der Waals surface area contributed by atoms with Crippen LogP contribution in [-0.2, 0) is 5.41 Å². The molecule has 3 nitrogen and oxygen atoms in total. The molecular formula is C15H19NO2. The first-order valence-corrected chi connectivity index (χ1v) is 6.63. The summed E-state index contributed by atoms with van der Waals surface area (Å²) >= 11 is 0. The van der Waals surface area contributed by atoms with Crippen LogP contribution in [0.4, 0.5) is 0 Å². The average molecular weight is 245 g/mol. The Balaban J connectivity index is 1.99. The van der Waals surface area contributed by atoms with Crippen molar-refractivity contribution in [2.75, 3.05) is 7.11 Å². The van der Waals surface area contributed by atoms with Crippen LogP contribution in [0.25, 0.3) is 0 Å². The van der Waals surface area contributed by atoms with Gasteiger partial charge in [-0.3, -0.25) is 0 Å². The summed E-state index contributed by atoms with van der Waals surface area (Å²) in [6.07, 6.45) is 5.61. The van der Waals surface area contributed by atoms with Crippen LogP contribution < -0.4 is 4.74 Å². The molecule has 3 heteroatoms. The molecule has 2 aliphatic carbocycles. The number of hydrogen-bond donors (Lipinski definition) is 1. The summed E-state index contributed by atoms with van der Waals surface area (Å²) in [5.74, 6) is 1.40. The van der Waals surface area contributed by atoms with Gasteiger partial charge >= 0.3 is 0 Å². The van der Waals surface area contributed by atoms with Crippen LogP contribution in [0, 0.1) is 5.92 Å². The molecule has 0 aliphatic heterocycles. The highest BCUT2D eigenvalue weighted by molar-refractivity contribution is 5.90. The van der Waals surface area contributed by atoms with Crippen LogP contribution in [0.15, 0.2) is 29.4 Å². The summed E-state index contributed by atoms with van der Waals surface area (Å²) < 4.78 is 5.32. The van der Waals surface area contributed by atoms with E-state index >= 15 is 0 Å². The van der Waals surface area contributed by atoms with Gasteiger partial charge in [-0.25, -0.2) is 0 Å². The van der Waals surface area contributed by atoms with Crippen LogP contribution >= 0.6 is 0 Å². The first kappa shape index (κ1) is 11.6. The molecule has 2 bridgehead atoms. The Kier molecular flexibility index (Phi) is 2.77. The maximum Gasteiger partial charge on any atom is 0.119 e. The first-order valence-electron chi connectivity index (χ1n) is 6.63. The van der Waals surface area contributed by atoms with Crippen LogP contribution in [0.1, 0.15) is 37.7 Å². The van der Waals surface area contributed by atoms with E-state index in [4.69, 9.17) is 9.94 Å². The van der Waals surface area contributed by atoms with E-state index in [0.717, 1.165) is 24.3 Å². The molecule has 0 heterocycles. The Labute approximate surface area is 107 Å². The van der Waals surface area contributed by atoms with Gasteiger partial charge in [0, 0.05) is 11.3 Å². The van der Waals surface area contributed by atoms with E-state index in [1.165, 1.54) is 24.8 Å². The predicted molar refractivity (Wildman–Crippen MR) is 70.5 cm³/mol. The number of ether oxygens (including phenoxy) is 1. The summed E-state index contributed by atoms with van der Waals surface area (Å²) in [6.45, 7) is 0. The summed E-state index contributed by atoms with van der Waals surface area (Å²) in [6, 6.07) is 8.37. The molecule has 0 radical (unpaired) electrons. The average Bonchev–Trinajstić information content (AvgIpc) is 2.70. The van der Waals surface area contributed by atoms with Gasteiger partial charge in [-0.15, -0.1) is 0 Å². The van der Waals surface area contributed by atoms with Gasteiger partial charge in [-0.05, 0) is 43.4 Å². The molecule has 0 unspecified atom stereocenters. The molecule has 0 aromatic heterocycles. The molecule has 2 aliphatic rings. The number of benzene rings is 1. The van der Waals surface area contributed by atoms with Crippen LogP contribution in [0.2, 0.25) is 0 Å². The van der Waals surface area contributed by atoms with E-state index in [1.807, 2.05) is 6.07 Å². The van der Waals surface area contributed by atoms with Crippen molar-refractivity contribution < 1.29 is 9.94 Å². The molecule has 2 atom stereocenters. The molecule has 0 saturated heterocycles. The zero-order valence-corrected chi connectivity index (χ0v) is 10.7. The molecule has 3 rings (SSSR count). The van der Waals surface area contributed by atoms with Crippen molar-refractivity contribution >= 4 is 5.71 Å². The van der Waals surface area contributed by atoms with Gasteiger partial charge in [0.2, 0.25) is 0 Å². The van der Waals surface area contributed by atoms with E-state index in [2.05, 4.69) is 23.4 Å². The molecule has 1 aromatic carbocycles. The van der Waals surface area contributed by atoms with Crippen molar-refractivity contribution in [2.24, 2.45) is 11.1 Å². The highest BCUT2D eigenvalue weighted by Gasteiger charge is 2.47. The molecule has 0 amide bonds. The largest absolute Gasteiger partial charge is 0.497 e. The minimum atomic E-state index is 0.180. The number of rotatable bonds is 2. The second-order valence-corrected chi connectivity index (χ2v) is 5.57. The minimum Gasteiger partial charge on any atom is -0.497 e. The van der Waals surface area contributed by atoms with Gasteiger partial charge in [0.1, 0.15) is 5.75 Å². The second kappa shape index (κ2) is 4.30. The van der Waals surface area contributed by atoms with E-state index in [0.29, 0.717) is 5.92 Å². The topological polar surface area (TPSA) is 41.8 Å². The Morgan fingerprint density at radius 3 is 3.11 bits per heavy atom. The van der Waals surface area contributed by atoms with E-state index in [1.54, 1.807) is 7.11 Å². The first-order chi connectivity index (χ1) is 8.77. The number of hydrogen-bond acceptors (Lipinski definition) is 3. The molecule has 96 valence electrons. The van der Waals surface area contributed by atoms with E-state index in [-0.39, 0.29) is 5.41 Å². The van der Waals surface area contributed by atoms with Crippen molar-refractivity contribution in [3.8, 4) is 5.75 Å².